The quantitative estimate of drug-likeness (QED) is 0.817. The highest BCUT2D eigenvalue weighted by Crippen LogP contribution is 2.21. The molecule has 0 radical (unpaired) electrons. The third-order valence-corrected chi connectivity index (χ3v) is 2.51. The van der Waals surface area contributed by atoms with Crippen molar-refractivity contribution in [1.29, 1.82) is 0 Å². The number of rotatable bonds is 4. The van der Waals surface area contributed by atoms with Crippen LogP contribution in [0.25, 0.3) is 0 Å². The van der Waals surface area contributed by atoms with Crippen molar-refractivity contribution in [2.45, 2.75) is 18.9 Å². The molecule has 0 bridgehead atoms. The summed E-state index contributed by atoms with van der Waals surface area (Å²) in [4.78, 5) is 4.22. The van der Waals surface area contributed by atoms with Crippen LogP contribution in [0.4, 0.5) is 5.82 Å². The lowest BCUT2D eigenvalue weighted by molar-refractivity contribution is 0.120. The van der Waals surface area contributed by atoms with E-state index in [4.69, 9.17) is 9.47 Å². The van der Waals surface area contributed by atoms with E-state index in [2.05, 4.69) is 10.3 Å². The van der Waals surface area contributed by atoms with Gasteiger partial charge in [-0.1, -0.05) is 0 Å². The molecule has 2 rings (SSSR count). The van der Waals surface area contributed by atoms with Crippen molar-refractivity contribution in [2.24, 2.45) is 0 Å². The predicted octanol–water partition coefficient (Wildman–Crippen LogP) is 1.68. The van der Waals surface area contributed by atoms with Crippen LogP contribution in [-0.4, -0.2) is 31.3 Å². The first-order valence-electron chi connectivity index (χ1n) is 5.24. The summed E-state index contributed by atoms with van der Waals surface area (Å²) < 4.78 is 10.7. The minimum absolute atomic E-state index is 0.316. The fourth-order valence-corrected chi connectivity index (χ4v) is 1.70. The molecule has 1 saturated heterocycles. The number of hydrogen-bond donors (Lipinski definition) is 1. The summed E-state index contributed by atoms with van der Waals surface area (Å²) in [7, 11) is 1.65. The van der Waals surface area contributed by atoms with E-state index in [0.29, 0.717) is 6.10 Å². The van der Waals surface area contributed by atoms with Crippen LogP contribution in [0.1, 0.15) is 12.8 Å². The number of aromatic nitrogens is 1. The second kappa shape index (κ2) is 4.98. The molecular weight excluding hydrogens is 192 g/mol. The number of ether oxygens (including phenoxy) is 2. The minimum atomic E-state index is 0.316. The van der Waals surface area contributed by atoms with Gasteiger partial charge in [0.1, 0.15) is 0 Å². The van der Waals surface area contributed by atoms with Gasteiger partial charge in [-0.15, -0.1) is 0 Å². The van der Waals surface area contributed by atoms with E-state index in [1.54, 1.807) is 13.3 Å². The van der Waals surface area contributed by atoms with Gasteiger partial charge in [0.05, 0.1) is 13.2 Å². The van der Waals surface area contributed by atoms with Crippen LogP contribution in [-0.2, 0) is 4.74 Å². The van der Waals surface area contributed by atoms with Crippen LogP contribution < -0.4 is 10.1 Å². The summed E-state index contributed by atoms with van der Waals surface area (Å²) >= 11 is 0. The highest BCUT2D eigenvalue weighted by molar-refractivity contribution is 5.49. The molecule has 0 saturated carbocycles. The van der Waals surface area contributed by atoms with Crippen LogP contribution in [0, 0.1) is 0 Å². The van der Waals surface area contributed by atoms with Gasteiger partial charge in [0.2, 0.25) is 0 Å². The fourth-order valence-electron chi connectivity index (χ4n) is 1.70. The maximum absolute atomic E-state index is 5.52. The molecule has 1 aromatic rings. The molecule has 0 aliphatic carbocycles. The lowest BCUT2D eigenvalue weighted by atomic mass is 10.2. The Morgan fingerprint density at radius 1 is 1.67 bits per heavy atom. The van der Waals surface area contributed by atoms with Crippen molar-refractivity contribution in [2.75, 3.05) is 25.6 Å². The summed E-state index contributed by atoms with van der Waals surface area (Å²) in [5.41, 5.74) is 0. The molecule has 0 spiro atoms. The number of nitrogens with one attached hydrogen (secondary N) is 1. The zero-order chi connectivity index (χ0) is 10.5. The minimum Gasteiger partial charge on any atom is -0.493 e. The molecule has 0 unspecified atom stereocenters. The van der Waals surface area contributed by atoms with Gasteiger partial charge in [0.15, 0.2) is 11.6 Å². The topological polar surface area (TPSA) is 43.4 Å². The summed E-state index contributed by atoms with van der Waals surface area (Å²) in [6.07, 6.45) is 4.35. The Balaban J connectivity index is 1.91. The van der Waals surface area contributed by atoms with Gasteiger partial charge in [0.25, 0.3) is 0 Å². The zero-order valence-electron chi connectivity index (χ0n) is 8.90. The van der Waals surface area contributed by atoms with Gasteiger partial charge in [-0.25, -0.2) is 4.98 Å². The molecule has 2 heterocycles. The molecule has 1 aliphatic heterocycles. The summed E-state index contributed by atoms with van der Waals surface area (Å²) in [5, 5.41) is 3.24. The third-order valence-electron chi connectivity index (χ3n) is 2.51. The number of pyridine rings is 1. The van der Waals surface area contributed by atoms with Crippen molar-refractivity contribution in [3.05, 3.63) is 18.3 Å². The Kier molecular flexibility index (Phi) is 3.40. The van der Waals surface area contributed by atoms with E-state index in [1.165, 1.54) is 0 Å². The Labute approximate surface area is 89.6 Å². The van der Waals surface area contributed by atoms with Gasteiger partial charge in [-0.3, -0.25) is 0 Å². The average molecular weight is 208 g/mol. The van der Waals surface area contributed by atoms with Gasteiger partial charge in [0, 0.05) is 19.3 Å². The number of nitrogens with zero attached hydrogens (tertiary/aromatic N) is 1. The average Bonchev–Trinajstić information content (AvgIpc) is 2.79. The van der Waals surface area contributed by atoms with Crippen molar-refractivity contribution >= 4 is 5.82 Å². The van der Waals surface area contributed by atoms with Crippen LogP contribution in [0.15, 0.2) is 18.3 Å². The maximum Gasteiger partial charge on any atom is 0.168 e. The maximum atomic E-state index is 5.52. The molecule has 1 aliphatic rings. The van der Waals surface area contributed by atoms with Gasteiger partial charge < -0.3 is 14.8 Å². The molecule has 0 aromatic carbocycles. The lowest BCUT2D eigenvalue weighted by Crippen LogP contribution is -2.19. The first-order chi connectivity index (χ1) is 7.40. The molecule has 1 fully saturated rings. The zero-order valence-corrected chi connectivity index (χ0v) is 8.90. The van der Waals surface area contributed by atoms with E-state index in [0.717, 1.165) is 37.6 Å². The second-order valence-electron chi connectivity index (χ2n) is 3.57. The highest BCUT2D eigenvalue weighted by atomic mass is 16.5. The monoisotopic (exact) mass is 208 g/mol. The van der Waals surface area contributed by atoms with Crippen LogP contribution >= 0.6 is 0 Å². The molecule has 82 valence electrons. The Bertz CT molecular complexity index is 311. The van der Waals surface area contributed by atoms with E-state index >= 15 is 0 Å². The van der Waals surface area contributed by atoms with Crippen molar-refractivity contribution < 1.29 is 9.47 Å². The molecule has 4 nitrogen and oxygen atoms in total. The van der Waals surface area contributed by atoms with Crippen molar-refractivity contribution in [1.82, 2.24) is 4.98 Å². The van der Waals surface area contributed by atoms with E-state index in [9.17, 15) is 0 Å². The van der Waals surface area contributed by atoms with Crippen molar-refractivity contribution in [3.63, 3.8) is 0 Å². The molecule has 1 N–H and O–H groups in total. The Hall–Kier alpha value is -1.29. The smallest absolute Gasteiger partial charge is 0.168 e. The van der Waals surface area contributed by atoms with E-state index < -0.39 is 0 Å². The molecule has 1 aromatic heterocycles. The van der Waals surface area contributed by atoms with Crippen LogP contribution in [0.5, 0.6) is 5.75 Å². The normalized spacial score (nSPS) is 20.2. The van der Waals surface area contributed by atoms with E-state index in [1.807, 2.05) is 12.1 Å². The molecule has 0 amide bonds. The number of anilines is 1. The van der Waals surface area contributed by atoms with Gasteiger partial charge in [-0.05, 0) is 25.0 Å². The summed E-state index contributed by atoms with van der Waals surface area (Å²) in [6, 6.07) is 3.75. The first-order valence-corrected chi connectivity index (χ1v) is 5.24. The summed E-state index contributed by atoms with van der Waals surface area (Å²) in [5.74, 6) is 1.56. The summed E-state index contributed by atoms with van der Waals surface area (Å²) in [6.45, 7) is 1.68. The van der Waals surface area contributed by atoms with Crippen LogP contribution in [0.2, 0.25) is 0 Å². The van der Waals surface area contributed by atoms with Crippen LogP contribution in [0.3, 0.4) is 0 Å². The second-order valence-corrected chi connectivity index (χ2v) is 3.57. The number of hydrogen-bond acceptors (Lipinski definition) is 4. The predicted molar refractivity (Wildman–Crippen MR) is 58.3 cm³/mol. The third kappa shape index (κ3) is 2.59. The Morgan fingerprint density at radius 3 is 3.33 bits per heavy atom. The molecule has 1 atom stereocenters. The largest absolute Gasteiger partial charge is 0.493 e. The molecular formula is C11H16N2O2. The standard InChI is InChI=1S/C11H16N2O2/c1-14-10-5-2-6-12-11(10)13-8-9-4-3-7-15-9/h2,5-6,9H,3-4,7-8H2,1H3,(H,12,13)/t9-/m1/s1. The van der Waals surface area contributed by atoms with Crippen molar-refractivity contribution in [3.8, 4) is 5.75 Å². The van der Waals surface area contributed by atoms with Gasteiger partial charge in [-0.2, -0.15) is 0 Å². The first kappa shape index (κ1) is 10.2. The lowest BCUT2D eigenvalue weighted by Gasteiger charge is -2.13. The van der Waals surface area contributed by atoms with E-state index in [-0.39, 0.29) is 0 Å². The van der Waals surface area contributed by atoms with Gasteiger partial charge >= 0.3 is 0 Å². The highest BCUT2D eigenvalue weighted by Gasteiger charge is 2.15. The molecule has 15 heavy (non-hydrogen) atoms. The SMILES string of the molecule is COc1cccnc1NC[C@H]1CCCO1. The number of methoxy groups -OCH3 is 1. The Morgan fingerprint density at radius 2 is 2.60 bits per heavy atom. The fraction of sp³-hybridized carbons (Fsp3) is 0.545. The molecule has 4 heteroatoms.